The van der Waals surface area contributed by atoms with Gasteiger partial charge >= 0.3 is 211 Å². The van der Waals surface area contributed by atoms with E-state index < -0.39 is 229 Å². The predicted octanol–water partition coefficient (Wildman–Crippen LogP) is 0.616. The summed E-state index contributed by atoms with van der Waals surface area (Å²) in [5, 5.41) is 0. The van der Waals surface area contributed by atoms with Crippen LogP contribution >= 0.6 is 0 Å². The zero-order chi connectivity index (χ0) is 40.2. The van der Waals surface area contributed by atoms with Gasteiger partial charge in [0.15, 0.2) is 0 Å². The Labute approximate surface area is 337 Å². The van der Waals surface area contributed by atoms with Gasteiger partial charge in [0.05, 0.1) is 0 Å². The molecule has 0 aromatic rings. The molecule has 0 saturated carbocycles. The number of rotatable bonds is 0. The number of carbonyl (C=O) groups excluding carboxylic acids is 8. The topological polar surface area (TPSA) is 210 Å². The molecule has 1 aliphatic heterocycles. The van der Waals surface area contributed by atoms with Crippen LogP contribution in [0.1, 0.15) is 0 Å². The molecule has 0 bridgehead atoms. The minimum atomic E-state index is -2.77. The molecule has 0 unspecified atom stereocenters. The molecule has 16 nitrogen and oxygen atoms in total. The van der Waals surface area contributed by atoms with Crippen molar-refractivity contribution in [2.75, 3.05) is 52.9 Å². The van der Waals surface area contributed by atoms with Gasteiger partial charge in [-0.05, 0) is 0 Å². The molecule has 0 aromatic carbocycles. The zero-order valence-electron chi connectivity index (χ0n) is 23.5. The number of cyclic esters (lactones) is 8. The molecule has 288 valence electrons. The maximum absolute atomic E-state index is 11.3. The number of hydrogen-bond acceptors (Lipinski definition) is 16. The second-order valence-electron chi connectivity index (χ2n) is 5.49. The van der Waals surface area contributed by atoms with Crippen molar-refractivity contribution in [3.63, 3.8) is 0 Å². The maximum atomic E-state index is 11.3. The fourth-order valence-electron chi connectivity index (χ4n) is 1.55. The van der Waals surface area contributed by atoms with Crippen LogP contribution in [0.15, 0.2) is 0 Å². The molecule has 0 spiro atoms. The van der Waals surface area contributed by atoms with Gasteiger partial charge in [0.25, 0.3) is 0 Å². The summed E-state index contributed by atoms with van der Waals surface area (Å²) in [6.07, 6.45) is 0. The Bertz CT molecular complexity index is 720. The average Bonchev–Trinajstić information content (AvgIpc) is 3.06. The fourth-order valence-corrected chi connectivity index (χ4v) is 1.55. The van der Waals surface area contributed by atoms with Crippen LogP contribution in [0.5, 0.6) is 0 Å². The number of ether oxygens (including phenoxy) is 8. The van der Waals surface area contributed by atoms with Crippen molar-refractivity contribution in [3.8, 4) is 0 Å². The summed E-state index contributed by atoms with van der Waals surface area (Å²) in [5.74, 6) is -11.8. The Morgan fingerprint density at radius 2 is 0.360 bits per heavy atom. The van der Waals surface area contributed by atoms with Gasteiger partial charge in [0.1, 0.15) is 52.9 Å². The van der Waals surface area contributed by atoms with Crippen LogP contribution in [-0.4, -0.2) is 145 Å². The molecule has 0 atom stereocenters. The summed E-state index contributed by atoms with van der Waals surface area (Å²) in [6, 6.07) is 0. The van der Waals surface area contributed by atoms with Gasteiger partial charge in [-0.25, -0.2) is 38.4 Å². The first-order chi connectivity index (χ1) is 23.7. The van der Waals surface area contributed by atoms with Crippen LogP contribution in [0, 0.1) is 0 Å². The molecule has 0 aliphatic carbocycles. The first-order valence-electron chi connectivity index (χ1n) is 10.7. The summed E-state index contributed by atoms with van der Waals surface area (Å²) in [4.78, 5) is 90.8. The van der Waals surface area contributed by atoms with Crippen molar-refractivity contribution in [2.45, 2.75) is 0 Å². The molecule has 50 heavy (non-hydrogen) atoms. The SMILES string of the molecule is O=C1OCCOC(=O)C(=O)OCCOC(=O)C(=O)OCCOC(=O)C(=O)OCCOC1=O.[F][Nb][F].[F][Nb][F].[F][Nb][F].[F][Nb][F].[F][Sn][F].[F][Sn][F]. The first kappa shape index (κ1) is 61.5. The average molecular weight is 1300 g/mol. The van der Waals surface area contributed by atoms with Crippen molar-refractivity contribution in [2.24, 2.45) is 0 Å². The van der Waals surface area contributed by atoms with Crippen molar-refractivity contribution < 1.29 is 195 Å². The summed E-state index contributed by atoms with van der Waals surface area (Å²) in [7, 11) is 0. The molecule has 1 aliphatic rings. The van der Waals surface area contributed by atoms with E-state index in [1.165, 1.54) is 0 Å². The van der Waals surface area contributed by atoms with Crippen molar-refractivity contribution >= 4 is 92.3 Å². The molecule has 34 heteroatoms. The first-order valence-corrected chi connectivity index (χ1v) is 21.6. The molecule has 0 N–H and O–H groups in total. The van der Waals surface area contributed by atoms with E-state index in [-0.39, 0.29) is 0 Å². The van der Waals surface area contributed by atoms with E-state index in [2.05, 4.69) is 37.9 Å². The van der Waals surface area contributed by atoms with Crippen molar-refractivity contribution in [1.82, 2.24) is 0 Å². The van der Waals surface area contributed by atoms with Gasteiger partial charge in [0.2, 0.25) is 0 Å². The summed E-state index contributed by atoms with van der Waals surface area (Å²) in [5.41, 5.74) is 0. The normalized spacial score (nSPS) is 14.3. The molecular formula is C16H16F12Nb4O16Sn2. The zero-order valence-corrected chi connectivity index (χ0v) is 38.0. The number of esters is 8. The summed E-state index contributed by atoms with van der Waals surface area (Å²) >= 11 is -16.1. The van der Waals surface area contributed by atoms with E-state index in [1.54, 1.807) is 0 Å². The Morgan fingerprint density at radius 3 is 0.420 bits per heavy atom. The standard InChI is InChI=1S/C16H16O16.12FH.4Nb.2Sn/c17-9-10(18)27-3-4-29-13(21)14(22)31-7-8-32-16(24)15(23)30-6-5-28-12(20)11(19)26-2-1-25-9;;;;;;;;;;;;;;;;;;/h1-8H2;12*1H;;;;;;/q;;;;;;;;;;;;;6*+2/p-12. The molecule has 1 rings (SSSR count). The number of hydrogen-bond donors (Lipinski definition) is 0. The molecule has 1 fully saturated rings. The molecule has 4 radical (unpaired) electrons. The van der Waals surface area contributed by atoms with E-state index >= 15 is 0 Å². The van der Waals surface area contributed by atoms with E-state index in [4.69, 9.17) is 0 Å². The van der Waals surface area contributed by atoms with Gasteiger partial charge in [0, 0.05) is 0 Å². The second-order valence-corrected chi connectivity index (χ2v) is 7.56. The van der Waals surface area contributed by atoms with Crippen LogP contribution in [0.2, 0.25) is 0 Å². The van der Waals surface area contributed by atoms with Crippen LogP contribution in [0.4, 0.5) is 35.7 Å². The Kier molecular flexibility index (Phi) is 65.0. The van der Waals surface area contributed by atoms with Crippen molar-refractivity contribution in [1.29, 1.82) is 0 Å². The monoisotopic (exact) mass is 1300 g/mol. The van der Waals surface area contributed by atoms with E-state index in [0.29, 0.717) is 0 Å². The van der Waals surface area contributed by atoms with Gasteiger partial charge in [-0.1, -0.05) is 0 Å². The van der Waals surface area contributed by atoms with Gasteiger partial charge in [-0.3, -0.25) is 0 Å². The van der Waals surface area contributed by atoms with Gasteiger partial charge in [-0.2, -0.15) is 0 Å². The molecule has 0 aromatic heterocycles. The molecule has 1 saturated heterocycles. The molecule has 0 amide bonds. The number of halogens is 12. The molecular weight excluding hydrogens is 1290 g/mol. The van der Waals surface area contributed by atoms with Gasteiger partial charge in [-0.15, -0.1) is 0 Å². The Morgan fingerprint density at radius 1 is 0.300 bits per heavy atom. The van der Waals surface area contributed by atoms with E-state index in [1.807, 2.05) is 0 Å². The summed E-state index contributed by atoms with van der Waals surface area (Å²) in [6.45, 7) is -4.94. The number of carbonyl (C=O) groups is 8. The third-order valence-electron chi connectivity index (χ3n) is 2.87. The van der Waals surface area contributed by atoms with Crippen molar-refractivity contribution in [3.05, 3.63) is 0 Å². The third-order valence-corrected chi connectivity index (χ3v) is 2.87. The van der Waals surface area contributed by atoms with E-state index in [9.17, 15) is 74.0 Å². The van der Waals surface area contributed by atoms with Crippen LogP contribution < -0.4 is 0 Å². The third kappa shape index (κ3) is 54.3. The van der Waals surface area contributed by atoms with Crippen LogP contribution in [-0.2, 0) is 160 Å². The second kappa shape index (κ2) is 52.8. The fraction of sp³-hybridized carbons (Fsp3) is 0.500. The van der Waals surface area contributed by atoms with Crippen LogP contribution in [0.3, 0.4) is 0 Å². The molecule has 1 heterocycles. The van der Waals surface area contributed by atoms with Crippen LogP contribution in [0.25, 0.3) is 0 Å². The minimum absolute atomic E-state index is 0.618. The quantitative estimate of drug-likeness (QED) is 0.107. The van der Waals surface area contributed by atoms with Gasteiger partial charge < -0.3 is 37.9 Å². The Balaban J connectivity index is -0.000000224. The summed E-state index contributed by atoms with van der Waals surface area (Å²) < 4.78 is 153. The Hall–Kier alpha value is -0.522. The van der Waals surface area contributed by atoms with E-state index in [0.717, 1.165) is 0 Å². The predicted molar refractivity (Wildman–Crippen MR) is 112 cm³/mol.